The molecule has 0 saturated heterocycles. The zero-order chi connectivity index (χ0) is 24.3. The number of aliphatic hydroxyl groups excluding tert-OH is 1. The van der Waals surface area contributed by atoms with Crippen molar-refractivity contribution in [2.75, 3.05) is 19.8 Å². The highest BCUT2D eigenvalue weighted by Gasteiger charge is 2.37. The normalized spacial score (nSPS) is 27.2. The van der Waals surface area contributed by atoms with Crippen LogP contribution in [0.1, 0.15) is 90.9 Å². The Morgan fingerprint density at radius 2 is 1.64 bits per heavy atom. The van der Waals surface area contributed by atoms with Crippen LogP contribution in [0.25, 0.3) is 0 Å². The molecule has 0 bridgehead atoms. The van der Waals surface area contributed by atoms with Crippen molar-refractivity contribution in [3.63, 3.8) is 0 Å². The van der Waals surface area contributed by atoms with Crippen LogP contribution in [-0.4, -0.2) is 45.1 Å². The average molecular weight is 481 g/mol. The molecule has 0 heterocycles. The fourth-order valence-electron chi connectivity index (χ4n) is 6.10. The second kappa shape index (κ2) is 14.7. The summed E-state index contributed by atoms with van der Waals surface area (Å²) in [6, 6.07) is 1.53. The first-order chi connectivity index (χ1) is 15.8. The molecule has 1 atom stereocenters. The van der Waals surface area contributed by atoms with Gasteiger partial charge >= 0.3 is 5.97 Å². The molecule has 2 rings (SSSR count). The lowest BCUT2D eigenvalue weighted by Crippen LogP contribution is -2.36. The molecule has 0 spiro atoms. The second-order valence-corrected chi connectivity index (χ2v) is 17.0. The lowest BCUT2D eigenvalue weighted by atomic mass is 9.73. The smallest absolute Gasteiger partial charge is 0.333 e. The predicted octanol–water partition coefficient (Wildman–Crippen LogP) is 7.14. The summed E-state index contributed by atoms with van der Waals surface area (Å²) in [6.07, 6.45) is 16.0. The van der Waals surface area contributed by atoms with Crippen molar-refractivity contribution in [3.05, 3.63) is 12.2 Å². The fraction of sp³-hybridized carbons (Fsp3) is 0.893. The Hall–Kier alpha value is -0.653. The summed E-state index contributed by atoms with van der Waals surface area (Å²) in [4.78, 5) is 11.5. The third-order valence-corrected chi connectivity index (χ3v) is 13.0. The first-order valence-electron chi connectivity index (χ1n) is 13.8. The molecule has 2 aliphatic carbocycles. The van der Waals surface area contributed by atoms with Gasteiger partial charge in [-0.1, -0.05) is 71.2 Å². The predicted molar refractivity (Wildman–Crippen MR) is 140 cm³/mol. The van der Waals surface area contributed by atoms with Crippen LogP contribution in [0.5, 0.6) is 0 Å². The quantitative estimate of drug-likeness (QED) is 0.124. The Morgan fingerprint density at radius 1 is 1.03 bits per heavy atom. The Labute approximate surface area is 204 Å². The molecule has 0 aromatic rings. The third kappa shape index (κ3) is 9.85. The number of carbonyl (C=O) groups is 1. The molecule has 1 unspecified atom stereocenters. The molecule has 2 saturated carbocycles. The molecule has 0 aromatic carbocycles. The van der Waals surface area contributed by atoms with Gasteiger partial charge in [0.2, 0.25) is 0 Å². The van der Waals surface area contributed by atoms with Crippen LogP contribution in [0.4, 0.5) is 0 Å². The lowest BCUT2D eigenvalue weighted by molar-refractivity contribution is -0.140. The van der Waals surface area contributed by atoms with E-state index in [-0.39, 0.29) is 25.1 Å². The van der Waals surface area contributed by atoms with Gasteiger partial charge in [-0.3, -0.25) is 0 Å². The summed E-state index contributed by atoms with van der Waals surface area (Å²) in [6.45, 7) is 13.9. The standard InChI is InChI=1S/C28H52O4Si/c1-6-7-19-33(4,5)27-16-12-25(13-17-27)24-10-14-26(15-11-24)31-18-8-9-23(20-29)21-32-28(30)22(2)3/h23-27,29H,2,6-21H2,1,3-5H3. The van der Waals surface area contributed by atoms with E-state index >= 15 is 0 Å². The van der Waals surface area contributed by atoms with Gasteiger partial charge in [-0.25, -0.2) is 4.79 Å². The van der Waals surface area contributed by atoms with Crippen molar-refractivity contribution in [3.8, 4) is 0 Å². The molecule has 192 valence electrons. The molecule has 0 aromatic heterocycles. The van der Waals surface area contributed by atoms with Crippen molar-refractivity contribution >= 4 is 14.0 Å². The number of hydrogen-bond acceptors (Lipinski definition) is 4. The van der Waals surface area contributed by atoms with E-state index in [0.29, 0.717) is 11.7 Å². The first kappa shape index (κ1) is 28.6. The monoisotopic (exact) mass is 480 g/mol. The zero-order valence-electron chi connectivity index (χ0n) is 22.1. The van der Waals surface area contributed by atoms with Gasteiger partial charge in [0.25, 0.3) is 0 Å². The number of esters is 1. The van der Waals surface area contributed by atoms with E-state index in [1.165, 1.54) is 70.3 Å². The van der Waals surface area contributed by atoms with E-state index in [4.69, 9.17) is 9.47 Å². The topological polar surface area (TPSA) is 55.8 Å². The Kier molecular flexibility index (Phi) is 12.7. The summed E-state index contributed by atoms with van der Waals surface area (Å²) >= 11 is 0. The van der Waals surface area contributed by atoms with Gasteiger partial charge in [0, 0.05) is 24.7 Å². The summed E-state index contributed by atoms with van der Waals surface area (Å²) in [5.41, 5.74) is 1.46. The maximum Gasteiger partial charge on any atom is 0.333 e. The van der Waals surface area contributed by atoms with E-state index in [0.717, 1.165) is 36.8 Å². The Balaban J connectivity index is 1.59. The fourth-order valence-corrected chi connectivity index (χ4v) is 9.67. The lowest BCUT2D eigenvalue weighted by Gasteiger charge is -2.42. The van der Waals surface area contributed by atoms with Gasteiger partial charge in [0.1, 0.15) is 0 Å². The minimum absolute atomic E-state index is 0.0159. The molecule has 0 aliphatic heterocycles. The number of aliphatic hydroxyl groups is 1. The molecule has 2 fully saturated rings. The van der Waals surface area contributed by atoms with Crippen LogP contribution in [0.2, 0.25) is 24.7 Å². The summed E-state index contributed by atoms with van der Waals surface area (Å²) < 4.78 is 11.4. The Morgan fingerprint density at radius 3 is 2.18 bits per heavy atom. The number of carbonyl (C=O) groups excluding carboxylic acids is 1. The number of ether oxygens (including phenoxy) is 2. The molecule has 33 heavy (non-hydrogen) atoms. The molecule has 5 heteroatoms. The number of unbranched alkanes of at least 4 members (excludes halogenated alkanes) is 1. The van der Waals surface area contributed by atoms with Crippen LogP contribution in [0.15, 0.2) is 12.2 Å². The third-order valence-electron chi connectivity index (χ3n) is 8.60. The number of rotatable bonds is 14. The van der Waals surface area contributed by atoms with Crippen molar-refractivity contribution in [2.45, 2.75) is 122 Å². The van der Waals surface area contributed by atoms with E-state index in [1.807, 2.05) is 0 Å². The minimum Gasteiger partial charge on any atom is -0.462 e. The van der Waals surface area contributed by atoms with Gasteiger partial charge < -0.3 is 14.6 Å². The summed E-state index contributed by atoms with van der Waals surface area (Å²) in [5, 5.41) is 9.53. The summed E-state index contributed by atoms with van der Waals surface area (Å²) in [5.74, 6) is 1.49. The Bertz CT molecular complexity index is 574. The zero-order valence-corrected chi connectivity index (χ0v) is 23.1. The molecule has 2 aliphatic rings. The highest BCUT2D eigenvalue weighted by atomic mass is 28.3. The van der Waals surface area contributed by atoms with Crippen molar-refractivity contribution in [1.82, 2.24) is 0 Å². The van der Waals surface area contributed by atoms with Crippen LogP contribution in [0.3, 0.4) is 0 Å². The molecule has 0 radical (unpaired) electrons. The molecular weight excluding hydrogens is 428 g/mol. The van der Waals surface area contributed by atoms with Crippen LogP contribution >= 0.6 is 0 Å². The highest BCUT2D eigenvalue weighted by Crippen LogP contribution is 2.46. The van der Waals surface area contributed by atoms with Gasteiger partial charge in [-0.05, 0) is 62.8 Å². The first-order valence-corrected chi connectivity index (χ1v) is 17.1. The molecule has 4 nitrogen and oxygen atoms in total. The van der Waals surface area contributed by atoms with E-state index in [1.54, 1.807) is 6.92 Å². The van der Waals surface area contributed by atoms with Gasteiger partial charge in [0.05, 0.1) is 20.8 Å². The van der Waals surface area contributed by atoms with E-state index < -0.39 is 8.07 Å². The van der Waals surface area contributed by atoms with Crippen LogP contribution < -0.4 is 0 Å². The van der Waals surface area contributed by atoms with E-state index in [9.17, 15) is 9.90 Å². The van der Waals surface area contributed by atoms with Gasteiger partial charge in [-0.15, -0.1) is 0 Å². The molecule has 1 N–H and O–H groups in total. The van der Waals surface area contributed by atoms with Crippen LogP contribution in [0, 0.1) is 17.8 Å². The average Bonchev–Trinajstić information content (AvgIpc) is 2.82. The van der Waals surface area contributed by atoms with Crippen molar-refractivity contribution in [1.29, 1.82) is 0 Å². The second-order valence-electron chi connectivity index (χ2n) is 11.7. The van der Waals surface area contributed by atoms with Crippen molar-refractivity contribution < 1.29 is 19.4 Å². The minimum atomic E-state index is -1.02. The van der Waals surface area contributed by atoms with E-state index in [2.05, 4.69) is 26.6 Å². The van der Waals surface area contributed by atoms with Gasteiger partial charge in [-0.2, -0.15) is 0 Å². The van der Waals surface area contributed by atoms with Crippen molar-refractivity contribution in [2.24, 2.45) is 17.8 Å². The SMILES string of the molecule is C=C(C)C(=O)OCC(CO)CCCOC1CCC(C2CCC([Si](C)(C)CCCC)CC2)CC1. The largest absolute Gasteiger partial charge is 0.462 e. The maximum atomic E-state index is 11.5. The maximum absolute atomic E-state index is 11.5. The summed E-state index contributed by atoms with van der Waals surface area (Å²) in [7, 11) is -1.02. The highest BCUT2D eigenvalue weighted by molar-refractivity contribution is 6.78. The molecule has 0 amide bonds. The molecular formula is C28H52O4Si. The number of hydrogen-bond donors (Lipinski definition) is 1. The van der Waals surface area contributed by atoms with Crippen LogP contribution in [-0.2, 0) is 14.3 Å². The van der Waals surface area contributed by atoms with Gasteiger partial charge in [0.15, 0.2) is 0 Å².